The van der Waals surface area contributed by atoms with E-state index in [0.717, 1.165) is 44.0 Å². The lowest BCUT2D eigenvalue weighted by atomic mass is 9.74. The minimum Gasteiger partial charge on any atom is -0.377 e. The van der Waals surface area contributed by atoms with Crippen molar-refractivity contribution in [2.24, 2.45) is 13.0 Å². The molecule has 0 aromatic carbocycles. The summed E-state index contributed by atoms with van der Waals surface area (Å²) in [5.41, 5.74) is -0.0963. The van der Waals surface area contributed by atoms with Crippen molar-refractivity contribution in [1.82, 2.24) is 25.5 Å². The molecule has 1 N–H and O–H groups in total. The van der Waals surface area contributed by atoms with E-state index >= 15 is 0 Å². The lowest BCUT2D eigenvalue weighted by Gasteiger charge is -2.44. The van der Waals surface area contributed by atoms with Crippen LogP contribution >= 0.6 is 0 Å². The zero-order chi connectivity index (χ0) is 15.3. The van der Waals surface area contributed by atoms with Gasteiger partial charge in [0.25, 0.3) is 0 Å². The van der Waals surface area contributed by atoms with Crippen molar-refractivity contribution >= 4 is 0 Å². The number of ether oxygens (including phenoxy) is 1. The highest BCUT2D eigenvalue weighted by Crippen LogP contribution is 2.37. The second-order valence-corrected chi connectivity index (χ2v) is 6.36. The molecule has 2 rings (SSSR count). The van der Waals surface area contributed by atoms with Crippen molar-refractivity contribution in [1.29, 1.82) is 0 Å². The Morgan fingerprint density at radius 2 is 2.14 bits per heavy atom. The van der Waals surface area contributed by atoms with Crippen LogP contribution in [0.3, 0.4) is 0 Å². The molecular weight excluding hydrogens is 266 g/mol. The summed E-state index contributed by atoms with van der Waals surface area (Å²) < 4.78 is 6.02. The molecule has 1 aromatic rings. The average Bonchev–Trinajstić information content (AvgIpc) is 2.90. The molecule has 1 aromatic heterocycles. The monoisotopic (exact) mass is 295 g/mol. The summed E-state index contributed by atoms with van der Waals surface area (Å²) in [6, 6.07) is 0.249. The first-order valence-corrected chi connectivity index (χ1v) is 8.11. The number of rotatable bonds is 7. The molecule has 21 heavy (non-hydrogen) atoms. The highest BCUT2D eigenvalue weighted by Gasteiger charge is 2.41. The number of hydrogen-bond acceptors (Lipinski definition) is 5. The summed E-state index contributed by atoms with van der Waals surface area (Å²) in [7, 11) is 3.65. The van der Waals surface area contributed by atoms with Crippen LogP contribution < -0.4 is 5.32 Å². The molecule has 0 amide bonds. The number of aryl methyl sites for hydroxylation is 1. The maximum atomic E-state index is 6.02. The number of aromatic nitrogens is 4. The van der Waals surface area contributed by atoms with E-state index in [2.05, 4.69) is 34.6 Å². The van der Waals surface area contributed by atoms with Gasteiger partial charge >= 0.3 is 0 Å². The maximum absolute atomic E-state index is 6.02. The quantitative estimate of drug-likeness (QED) is 0.829. The Kier molecular flexibility index (Phi) is 5.70. The lowest BCUT2D eigenvalue weighted by molar-refractivity contribution is -0.0749. The Morgan fingerprint density at radius 3 is 2.67 bits per heavy atom. The highest BCUT2D eigenvalue weighted by atomic mass is 16.5. The van der Waals surface area contributed by atoms with E-state index in [1.165, 1.54) is 17.6 Å². The van der Waals surface area contributed by atoms with Crippen molar-refractivity contribution in [3.63, 3.8) is 0 Å². The van der Waals surface area contributed by atoms with Crippen LogP contribution in [0.4, 0.5) is 0 Å². The number of nitrogens with one attached hydrogen (secondary N) is 1. The van der Waals surface area contributed by atoms with Crippen molar-refractivity contribution in [3.05, 3.63) is 5.82 Å². The summed E-state index contributed by atoms with van der Waals surface area (Å²) >= 11 is 0. The van der Waals surface area contributed by atoms with Gasteiger partial charge in [0, 0.05) is 19.6 Å². The molecule has 1 unspecified atom stereocenters. The normalized spacial score (nSPS) is 27.7. The molecular formula is C15H29N5O. The first kappa shape index (κ1) is 16.4. The van der Waals surface area contributed by atoms with E-state index in [1.807, 2.05) is 7.11 Å². The van der Waals surface area contributed by atoms with Gasteiger partial charge in [-0.2, -0.15) is 4.80 Å². The third kappa shape index (κ3) is 4.01. The molecule has 1 aliphatic carbocycles. The summed E-state index contributed by atoms with van der Waals surface area (Å²) in [6.45, 7) is 5.51. The fourth-order valence-corrected chi connectivity index (χ4v) is 3.30. The molecule has 0 radical (unpaired) electrons. The van der Waals surface area contributed by atoms with Gasteiger partial charge in [-0.05, 0) is 49.8 Å². The van der Waals surface area contributed by atoms with E-state index in [0.29, 0.717) is 0 Å². The van der Waals surface area contributed by atoms with Crippen LogP contribution in [0, 0.1) is 5.92 Å². The fraction of sp³-hybridized carbons (Fsp3) is 0.933. The van der Waals surface area contributed by atoms with Crippen LogP contribution in [0.2, 0.25) is 0 Å². The predicted molar refractivity (Wildman–Crippen MR) is 82.0 cm³/mol. The van der Waals surface area contributed by atoms with Gasteiger partial charge in [0.1, 0.15) is 0 Å². The Bertz CT molecular complexity index is 425. The standard InChI is InChI=1S/C15H29N5O/c1-5-10-16-13(11-14-17-19-20(3)18-14)15(21-4)8-6-12(2)7-9-15/h12-13,16H,5-11H2,1-4H3. The van der Waals surface area contributed by atoms with E-state index in [1.54, 1.807) is 7.05 Å². The molecule has 1 aliphatic rings. The Morgan fingerprint density at radius 1 is 1.43 bits per heavy atom. The van der Waals surface area contributed by atoms with Crippen molar-refractivity contribution in [2.75, 3.05) is 13.7 Å². The molecule has 0 bridgehead atoms. The number of hydrogen-bond donors (Lipinski definition) is 1. The molecule has 6 nitrogen and oxygen atoms in total. The smallest absolute Gasteiger partial charge is 0.176 e. The van der Waals surface area contributed by atoms with Crippen LogP contribution in [0.5, 0.6) is 0 Å². The van der Waals surface area contributed by atoms with Gasteiger partial charge in [0.2, 0.25) is 0 Å². The van der Waals surface area contributed by atoms with E-state index < -0.39 is 0 Å². The number of nitrogens with zero attached hydrogens (tertiary/aromatic N) is 4. The largest absolute Gasteiger partial charge is 0.377 e. The Labute approximate surface area is 127 Å². The predicted octanol–water partition coefficient (Wildman–Crippen LogP) is 1.72. The topological polar surface area (TPSA) is 64.9 Å². The number of tetrazole rings is 1. The third-order valence-corrected chi connectivity index (χ3v) is 4.74. The van der Waals surface area contributed by atoms with Gasteiger partial charge in [-0.3, -0.25) is 0 Å². The molecule has 1 atom stereocenters. The SMILES string of the molecule is CCCNC(Cc1nnn(C)n1)C1(OC)CCC(C)CC1. The van der Waals surface area contributed by atoms with Gasteiger partial charge in [-0.25, -0.2) is 0 Å². The first-order valence-electron chi connectivity index (χ1n) is 8.11. The Hall–Kier alpha value is -1.01. The molecule has 1 heterocycles. The van der Waals surface area contributed by atoms with Crippen molar-refractivity contribution in [3.8, 4) is 0 Å². The zero-order valence-corrected chi connectivity index (χ0v) is 13.8. The highest BCUT2D eigenvalue weighted by molar-refractivity contribution is 5.00. The molecule has 1 saturated carbocycles. The van der Waals surface area contributed by atoms with Gasteiger partial charge in [0.05, 0.1) is 12.6 Å². The van der Waals surface area contributed by atoms with Gasteiger partial charge in [0.15, 0.2) is 5.82 Å². The van der Waals surface area contributed by atoms with Crippen LogP contribution in [0.15, 0.2) is 0 Å². The third-order valence-electron chi connectivity index (χ3n) is 4.74. The summed E-state index contributed by atoms with van der Waals surface area (Å²) in [6.07, 6.45) is 6.55. The second kappa shape index (κ2) is 7.31. The lowest BCUT2D eigenvalue weighted by Crippen LogP contribution is -2.55. The fourth-order valence-electron chi connectivity index (χ4n) is 3.30. The van der Waals surface area contributed by atoms with Crippen LogP contribution in [-0.2, 0) is 18.2 Å². The van der Waals surface area contributed by atoms with Crippen molar-refractivity contribution < 1.29 is 4.74 Å². The molecule has 6 heteroatoms. The van der Waals surface area contributed by atoms with E-state index in [4.69, 9.17) is 4.74 Å². The van der Waals surface area contributed by atoms with Gasteiger partial charge in [-0.15, -0.1) is 10.2 Å². The Balaban J connectivity index is 2.12. The average molecular weight is 295 g/mol. The molecule has 1 fully saturated rings. The van der Waals surface area contributed by atoms with E-state index in [9.17, 15) is 0 Å². The molecule has 0 saturated heterocycles. The molecule has 120 valence electrons. The van der Waals surface area contributed by atoms with E-state index in [-0.39, 0.29) is 11.6 Å². The van der Waals surface area contributed by atoms with Crippen LogP contribution in [-0.4, -0.2) is 45.5 Å². The van der Waals surface area contributed by atoms with Crippen LogP contribution in [0.25, 0.3) is 0 Å². The van der Waals surface area contributed by atoms with Crippen LogP contribution in [0.1, 0.15) is 51.8 Å². The summed E-state index contributed by atoms with van der Waals surface area (Å²) in [4.78, 5) is 1.52. The minimum absolute atomic E-state index is 0.0963. The first-order chi connectivity index (χ1) is 10.1. The molecule has 0 aliphatic heterocycles. The minimum atomic E-state index is -0.0963. The summed E-state index contributed by atoms with van der Waals surface area (Å²) in [5.74, 6) is 1.59. The van der Waals surface area contributed by atoms with Gasteiger partial charge < -0.3 is 10.1 Å². The molecule has 0 spiro atoms. The van der Waals surface area contributed by atoms with Crippen molar-refractivity contribution in [2.45, 2.75) is 64.0 Å². The van der Waals surface area contributed by atoms with Gasteiger partial charge in [-0.1, -0.05) is 13.8 Å². The summed E-state index contributed by atoms with van der Waals surface area (Å²) in [5, 5.41) is 16.1. The zero-order valence-electron chi connectivity index (χ0n) is 13.8. The number of methoxy groups -OCH3 is 1. The maximum Gasteiger partial charge on any atom is 0.176 e. The second-order valence-electron chi connectivity index (χ2n) is 6.36.